The van der Waals surface area contributed by atoms with Crippen molar-refractivity contribution in [3.63, 3.8) is 0 Å². The minimum Gasteiger partial charge on any atom is -0.371 e. The van der Waals surface area contributed by atoms with Crippen LogP contribution in [0.5, 0.6) is 0 Å². The minimum absolute atomic E-state index is 0.0303. The van der Waals surface area contributed by atoms with Crippen LogP contribution in [-0.4, -0.2) is 36.8 Å². The van der Waals surface area contributed by atoms with Gasteiger partial charge in [0.1, 0.15) is 5.82 Å². The van der Waals surface area contributed by atoms with Crippen LogP contribution in [0.25, 0.3) is 0 Å². The quantitative estimate of drug-likeness (QED) is 0.816. The summed E-state index contributed by atoms with van der Waals surface area (Å²) in [6, 6.07) is 8.31. The summed E-state index contributed by atoms with van der Waals surface area (Å²) in [5.41, 5.74) is 1.53. The maximum atomic E-state index is 13.4. The first-order valence-electron chi connectivity index (χ1n) is 6.99. The Morgan fingerprint density at radius 1 is 1.23 bits per heavy atom. The number of likely N-dealkylation sites (N-methyl/N-ethyl adjacent to an activating group) is 1. The number of hydrogen-bond acceptors (Lipinski definition) is 4. The van der Waals surface area contributed by atoms with Gasteiger partial charge in [-0.05, 0) is 30.3 Å². The number of anilines is 2. The van der Waals surface area contributed by atoms with Crippen molar-refractivity contribution in [2.24, 2.45) is 0 Å². The summed E-state index contributed by atoms with van der Waals surface area (Å²) in [5.74, 6) is 0.0960. The lowest BCUT2D eigenvalue weighted by atomic mass is 10.1. The highest BCUT2D eigenvalue weighted by atomic mass is 32.2. The topological polar surface area (TPSA) is 36.4 Å². The number of fused-ring (bicyclic) bond motifs is 1. The van der Waals surface area contributed by atoms with E-state index >= 15 is 0 Å². The SMILES string of the molecule is CN1CCN(C(=O)CSc2ccncc2)c2ccc(F)cc21. The van der Waals surface area contributed by atoms with E-state index in [9.17, 15) is 9.18 Å². The Hall–Kier alpha value is -2.08. The zero-order valence-electron chi connectivity index (χ0n) is 12.2. The summed E-state index contributed by atoms with van der Waals surface area (Å²) in [4.78, 5) is 21.2. The molecule has 0 spiro atoms. The van der Waals surface area contributed by atoms with Crippen LogP contribution in [-0.2, 0) is 4.79 Å². The van der Waals surface area contributed by atoms with Gasteiger partial charge in [0.2, 0.25) is 5.91 Å². The average molecular weight is 317 g/mol. The zero-order valence-corrected chi connectivity index (χ0v) is 13.0. The third-order valence-corrected chi connectivity index (χ3v) is 4.61. The molecule has 2 heterocycles. The number of rotatable bonds is 3. The molecule has 4 nitrogen and oxygen atoms in total. The molecule has 1 aromatic carbocycles. The summed E-state index contributed by atoms with van der Waals surface area (Å²) in [5, 5.41) is 0. The van der Waals surface area contributed by atoms with Crippen LogP contribution in [0.2, 0.25) is 0 Å². The second-order valence-electron chi connectivity index (χ2n) is 5.07. The Labute approximate surface area is 132 Å². The van der Waals surface area contributed by atoms with Gasteiger partial charge in [-0.3, -0.25) is 9.78 Å². The standard InChI is InChI=1S/C16H16FN3OS/c1-19-8-9-20(14-3-2-12(17)10-15(14)19)16(21)11-22-13-4-6-18-7-5-13/h2-7,10H,8-9,11H2,1H3. The van der Waals surface area contributed by atoms with Crippen molar-refractivity contribution in [3.05, 3.63) is 48.5 Å². The Morgan fingerprint density at radius 3 is 2.77 bits per heavy atom. The third kappa shape index (κ3) is 3.06. The smallest absolute Gasteiger partial charge is 0.237 e. The number of benzene rings is 1. The highest BCUT2D eigenvalue weighted by Gasteiger charge is 2.25. The molecule has 0 aliphatic carbocycles. The number of carbonyl (C=O) groups is 1. The third-order valence-electron chi connectivity index (χ3n) is 3.61. The van der Waals surface area contributed by atoms with Crippen LogP contribution in [0.1, 0.15) is 0 Å². The Balaban J connectivity index is 1.75. The van der Waals surface area contributed by atoms with Crippen LogP contribution in [0.3, 0.4) is 0 Å². The van der Waals surface area contributed by atoms with Crippen LogP contribution in [0, 0.1) is 5.82 Å². The number of thioether (sulfide) groups is 1. The fraction of sp³-hybridized carbons (Fsp3) is 0.250. The molecular formula is C16H16FN3OS. The first-order chi connectivity index (χ1) is 10.6. The molecule has 0 unspecified atom stereocenters. The van der Waals surface area contributed by atoms with Gasteiger partial charge < -0.3 is 9.80 Å². The van der Waals surface area contributed by atoms with Gasteiger partial charge in [0, 0.05) is 37.4 Å². The number of halogens is 1. The van der Waals surface area contributed by atoms with Gasteiger partial charge in [-0.25, -0.2) is 4.39 Å². The molecule has 1 aliphatic heterocycles. The average Bonchev–Trinajstić information content (AvgIpc) is 2.54. The van der Waals surface area contributed by atoms with Crippen molar-refractivity contribution < 1.29 is 9.18 Å². The molecule has 1 aliphatic rings. The molecule has 0 atom stereocenters. The molecule has 22 heavy (non-hydrogen) atoms. The van der Waals surface area contributed by atoms with Crippen LogP contribution in [0.15, 0.2) is 47.6 Å². The van der Waals surface area contributed by atoms with Gasteiger partial charge in [-0.1, -0.05) is 0 Å². The lowest BCUT2D eigenvalue weighted by Crippen LogP contribution is -2.43. The molecule has 0 bridgehead atoms. The van der Waals surface area contributed by atoms with Crippen molar-refractivity contribution in [2.75, 3.05) is 35.7 Å². The summed E-state index contributed by atoms with van der Waals surface area (Å²) in [7, 11) is 1.91. The van der Waals surface area contributed by atoms with E-state index < -0.39 is 0 Å². The van der Waals surface area contributed by atoms with Crippen LogP contribution >= 0.6 is 11.8 Å². The zero-order chi connectivity index (χ0) is 15.5. The monoisotopic (exact) mass is 317 g/mol. The van der Waals surface area contributed by atoms with Crippen molar-refractivity contribution in [1.82, 2.24) is 4.98 Å². The summed E-state index contributed by atoms with van der Waals surface area (Å²) >= 11 is 1.48. The maximum Gasteiger partial charge on any atom is 0.237 e. The molecule has 114 valence electrons. The van der Waals surface area contributed by atoms with Crippen molar-refractivity contribution in [3.8, 4) is 0 Å². The van der Waals surface area contributed by atoms with Gasteiger partial charge in [-0.15, -0.1) is 11.8 Å². The number of hydrogen-bond donors (Lipinski definition) is 0. The number of carbonyl (C=O) groups excluding carboxylic acids is 1. The first-order valence-corrected chi connectivity index (χ1v) is 7.97. The van der Waals surface area contributed by atoms with Crippen molar-refractivity contribution >= 4 is 29.0 Å². The Kier molecular flexibility index (Phi) is 4.29. The molecule has 0 saturated carbocycles. The highest BCUT2D eigenvalue weighted by Crippen LogP contribution is 2.33. The molecule has 0 radical (unpaired) electrons. The van der Waals surface area contributed by atoms with E-state index in [1.54, 1.807) is 23.4 Å². The van der Waals surface area contributed by atoms with E-state index in [-0.39, 0.29) is 11.7 Å². The molecule has 2 aromatic rings. The van der Waals surface area contributed by atoms with E-state index in [1.165, 1.54) is 23.9 Å². The van der Waals surface area contributed by atoms with Crippen molar-refractivity contribution in [2.45, 2.75) is 4.90 Å². The Bertz CT molecular complexity index is 680. The summed E-state index contributed by atoms with van der Waals surface area (Å²) < 4.78 is 13.4. The molecule has 1 aromatic heterocycles. The molecule has 1 amide bonds. The van der Waals surface area contributed by atoms with Gasteiger partial charge >= 0.3 is 0 Å². The number of amides is 1. The summed E-state index contributed by atoms with van der Waals surface area (Å²) in [6.07, 6.45) is 3.42. The molecular weight excluding hydrogens is 301 g/mol. The van der Waals surface area contributed by atoms with E-state index in [4.69, 9.17) is 0 Å². The van der Waals surface area contributed by atoms with Crippen LogP contribution < -0.4 is 9.80 Å². The predicted octanol–water partition coefficient (Wildman–Crippen LogP) is 2.80. The molecule has 0 N–H and O–H groups in total. The van der Waals surface area contributed by atoms with E-state index in [0.29, 0.717) is 18.8 Å². The lowest BCUT2D eigenvalue weighted by molar-refractivity contribution is -0.116. The van der Waals surface area contributed by atoms with Crippen molar-refractivity contribution in [1.29, 1.82) is 0 Å². The summed E-state index contributed by atoms with van der Waals surface area (Å²) in [6.45, 7) is 1.31. The second-order valence-corrected chi connectivity index (χ2v) is 6.12. The lowest BCUT2D eigenvalue weighted by Gasteiger charge is -2.35. The number of pyridine rings is 1. The van der Waals surface area contributed by atoms with E-state index in [2.05, 4.69) is 4.98 Å². The molecule has 3 rings (SSSR count). The van der Waals surface area contributed by atoms with E-state index in [1.807, 2.05) is 24.1 Å². The fourth-order valence-electron chi connectivity index (χ4n) is 2.44. The van der Waals surface area contributed by atoms with Gasteiger partial charge in [0.15, 0.2) is 0 Å². The van der Waals surface area contributed by atoms with Crippen LogP contribution in [0.4, 0.5) is 15.8 Å². The predicted molar refractivity (Wildman–Crippen MR) is 87.0 cm³/mol. The minimum atomic E-state index is -0.286. The number of aromatic nitrogens is 1. The normalized spacial score (nSPS) is 13.9. The van der Waals surface area contributed by atoms with E-state index in [0.717, 1.165) is 16.3 Å². The maximum absolute atomic E-state index is 13.4. The van der Waals surface area contributed by atoms with Gasteiger partial charge in [0.25, 0.3) is 0 Å². The molecule has 0 fully saturated rings. The molecule has 6 heteroatoms. The largest absolute Gasteiger partial charge is 0.371 e. The molecule has 0 saturated heterocycles. The Morgan fingerprint density at radius 2 is 2.00 bits per heavy atom. The highest BCUT2D eigenvalue weighted by molar-refractivity contribution is 8.00. The first kappa shape index (κ1) is 14.8. The van der Waals surface area contributed by atoms with Gasteiger partial charge in [-0.2, -0.15) is 0 Å². The second kappa shape index (κ2) is 6.36. The number of nitrogens with zero attached hydrogens (tertiary/aromatic N) is 3. The fourth-order valence-corrected chi connectivity index (χ4v) is 3.20. The van der Waals surface area contributed by atoms with Gasteiger partial charge in [0.05, 0.1) is 17.1 Å².